The van der Waals surface area contributed by atoms with E-state index in [-0.39, 0.29) is 5.60 Å². The topological polar surface area (TPSA) is 38.7 Å². The second-order valence-corrected chi connectivity index (χ2v) is 10.7. The maximum Gasteiger partial charge on any atom is 0.178 e. The lowest BCUT2D eigenvalue weighted by Gasteiger charge is -2.50. The van der Waals surface area contributed by atoms with Crippen LogP contribution in [0.1, 0.15) is 92.9 Å². The summed E-state index contributed by atoms with van der Waals surface area (Å²) in [6.45, 7) is 14.0. The van der Waals surface area contributed by atoms with Gasteiger partial charge in [-0.05, 0) is 82.5 Å². The van der Waals surface area contributed by atoms with Crippen molar-refractivity contribution in [1.82, 2.24) is 0 Å². The summed E-state index contributed by atoms with van der Waals surface area (Å²) in [6, 6.07) is 0. The molecule has 0 spiro atoms. The minimum Gasteiger partial charge on any atom is -0.373 e. The maximum absolute atomic E-state index is 10.5. The Bertz CT molecular complexity index is 544. The van der Waals surface area contributed by atoms with Gasteiger partial charge in [0.15, 0.2) is 6.29 Å². The van der Waals surface area contributed by atoms with Crippen LogP contribution in [0.3, 0.4) is 0 Å². The van der Waals surface area contributed by atoms with Crippen molar-refractivity contribution in [1.29, 1.82) is 0 Å². The Balaban J connectivity index is 1.43. The highest BCUT2D eigenvalue weighted by atomic mass is 16.6. The van der Waals surface area contributed by atoms with E-state index in [9.17, 15) is 5.11 Å². The molecule has 0 saturated heterocycles. The zero-order chi connectivity index (χ0) is 20.5. The van der Waals surface area contributed by atoms with E-state index in [2.05, 4.69) is 41.5 Å². The van der Waals surface area contributed by atoms with Gasteiger partial charge >= 0.3 is 0 Å². The summed E-state index contributed by atoms with van der Waals surface area (Å²) in [7, 11) is 0. The molecule has 3 rings (SSSR count). The fourth-order valence-electron chi connectivity index (χ4n) is 6.18. The summed E-state index contributed by atoms with van der Waals surface area (Å²) in [5.41, 5.74) is 2.96. The minimum atomic E-state index is -0.829. The third-order valence-corrected chi connectivity index (χ3v) is 8.04. The third-order valence-electron chi connectivity index (χ3n) is 8.04. The molecule has 1 saturated carbocycles. The molecule has 0 aromatic rings. The molecule has 0 bridgehead atoms. The van der Waals surface area contributed by atoms with Crippen LogP contribution in [-0.4, -0.2) is 29.7 Å². The van der Waals surface area contributed by atoms with Gasteiger partial charge < -0.3 is 14.6 Å². The summed E-state index contributed by atoms with van der Waals surface area (Å²) < 4.78 is 12.2. The number of aliphatic hydroxyl groups excluding tert-OH is 1. The lowest BCUT2D eigenvalue weighted by molar-refractivity contribution is -0.218. The summed E-state index contributed by atoms with van der Waals surface area (Å²) in [5.74, 6) is 3.60. The molecule has 1 N–H and O–H groups in total. The number of hydrogen-bond acceptors (Lipinski definition) is 3. The highest BCUT2D eigenvalue weighted by Crippen LogP contribution is 2.53. The van der Waals surface area contributed by atoms with Crippen molar-refractivity contribution >= 4 is 0 Å². The fourth-order valence-corrected chi connectivity index (χ4v) is 6.18. The van der Waals surface area contributed by atoms with Crippen LogP contribution < -0.4 is 0 Å². The second-order valence-electron chi connectivity index (χ2n) is 10.7. The first kappa shape index (κ1) is 22.3. The first-order chi connectivity index (χ1) is 13.2. The van der Waals surface area contributed by atoms with E-state index < -0.39 is 6.29 Å². The third kappa shape index (κ3) is 5.02. The predicted molar refractivity (Wildman–Crippen MR) is 115 cm³/mol. The Kier molecular flexibility index (Phi) is 7.32. The van der Waals surface area contributed by atoms with E-state index >= 15 is 0 Å². The predicted octanol–water partition coefficient (Wildman–Crippen LogP) is 6.10. The van der Waals surface area contributed by atoms with Crippen LogP contribution in [0.5, 0.6) is 0 Å². The van der Waals surface area contributed by atoms with Gasteiger partial charge in [-0.3, -0.25) is 0 Å². The number of allylic oxidation sites excluding steroid dienone is 1. The fraction of sp³-hybridized carbons (Fsp3) is 0.920. The molecular weight excluding hydrogens is 348 g/mol. The van der Waals surface area contributed by atoms with Crippen molar-refractivity contribution in [2.24, 2.45) is 29.6 Å². The average Bonchev–Trinajstić information content (AvgIpc) is 2.61. The summed E-state index contributed by atoms with van der Waals surface area (Å²) in [4.78, 5) is 0. The van der Waals surface area contributed by atoms with Crippen molar-refractivity contribution in [3.8, 4) is 0 Å². The molecule has 3 aliphatic rings. The molecule has 162 valence electrons. The highest BCUT2D eigenvalue weighted by Gasteiger charge is 2.46. The normalized spacial score (nSPS) is 35.9. The molecule has 0 radical (unpaired) electrons. The lowest BCUT2D eigenvalue weighted by atomic mass is 9.59. The summed E-state index contributed by atoms with van der Waals surface area (Å²) >= 11 is 0. The number of hydrogen-bond donors (Lipinski definition) is 1. The summed E-state index contributed by atoms with van der Waals surface area (Å²) in [5, 5.41) is 10.5. The van der Waals surface area contributed by atoms with Crippen molar-refractivity contribution in [3.63, 3.8) is 0 Å². The van der Waals surface area contributed by atoms with Gasteiger partial charge in [0.25, 0.3) is 0 Å². The van der Waals surface area contributed by atoms with Crippen molar-refractivity contribution in [3.05, 3.63) is 11.1 Å². The van der Waals surface area contributed by atoms with Crippen LogP contribution >= 0.6 is 0 Å². The van der Waals surface area contributed by atoms with Gasteiger partial charge in [-0.15, -0.1) is 0 Å². The van der Waals surface area contributed by atoms with E-state index in [0.29, 0.717) is 24.5 Å². The monoisotopic (exact) mass is 392 g/mol. The van der Waals surface area contributed by atoms with E-state index in [0.717, 1.165) is 37.0 Å². The van der Waals surface area contributed by atoms with E-state index in [1.165, 1.54) is 32.1 Å². The lowest BCUT2D eigenvalue weighted by Crippen LogP contribution is -2.47. The average molecular weight is 393 g/mol. The van der Waals surface area contributed by atoms with Gasteiger partial charge in [-0.1, -0.05) is 45.3 Å². The van der Waals surface area contributed by atoms with Crippen LogP contribution in [-0.2, 0) is 9.47 Å². The standard InChI is InChI=1S/C25H44O3/c1-7-17(3)19-8-10-21(11-9-19)27-15-23(26)28-25(5,6)22-14-20-13-16(2)12-18(4)24(20)22/h16-19,21-23,26H,7-15H2,1-6H3. The van der Waals surface area contributed by atoms with Gasteiger partial charge in [0.05, 0.1) is 18.3 Å². The first-order valence-corrected chi connectivity index (χ1v) is 11.9. The molecule has 3 heteroatoms. The SMILES string of the molecule is CCC(C)C1CCC(OCC(O)OC(C)(C)C2CC3=C2C(C)CC(C)C3)CC1. The molecule has 1 fully saturated rings. The maximum atomic E-state index is 10.5. The van der Waals surface area contributed by atoms with Crippen molar-refractivity contribution in [2.75, 3.05) is 6.61 Å². The Morgan fingerprint density at radius 1 is 1.11 bits per heavy atom. The highest BCUT2D eigenvalue weighted by molar-refractivity contribution is 5.35. The molecule has 0 heterocycles. The van der Waals surface area contributed by atoms with Crippen molar-refractivity contribution in [2.45, 2.75) is 111 Å². The number of aliphatic hydroxyl groups is 1. The summed E-state index contributed by atoms with van der Waals surface area (Å²) in [6.07, 6.45) is 9.20. The largest absolute Gasteiger partial charge is 0.373 e. The number of ether oxygens (including phenoxy) is 2. The van der Waals surface area contributed by atoms with E-state index in [1.54, 1.807) is 11.1 Å². The molecule has 28 heavy (non-hydrogen) atoms. The smallest absolute Gasteiger partial charge is 0.178 e. The zero-order valence-corrected chi connectivity index (χ0v) is 19.2. The molecule has 0 aliphatic heterocycles. The second kappa shape index (κ2) is 9.18. The van der Waals surface area contributed by atoms with Gasteiger partial charge in [0.1, 0.15) is 0 Å². The van der Waals surface area contributed by atoms with Crippen LogP contribution in [0.4, 0.5) is 0 Å². The Hall–Kier alpha value is -0.380. The molecule has 3 aliphatic carbocycles. The molecular formula is C25H44O3. The zero-order valence-electron chi connectivity index (χ0n) is 19.2. The van der Waals surface area contributed by atoms with Gasteiger partial charge in [-0.2, -0.15) is 0 Å². The van der Waals surface area contributed by atoms with Crippen LogP contribution in [0, 0.1) is 29.6 Å². The first-order valence-electron chi connectivity index (χ1n) is 11.9. The van der Waals surface area contributed by atoms with Crippen LogP contribution in [0.25, 0.3) is 0 Å². The molecule has 5 atom stereocenters. The Morgan fingerprint density at radius 2 is 1.79 bits per heavy atom. The Morgan fingerprint density at radius 3 is 2.39 bits per heavy atom. The van der Waals surface area contributed by atoms with Gasteiger partial charge in [0.2, 0.25) is 0 Å². The van der Waals surface area contributed by atoms with Crippen LogP contribution in [0.15, 0.2) is 11.1 Å². The van der Waals surface area contributed by atoms with Gasteiger partial charge in [-0.25, -0.2) is 0 Å². The molecule has 0 aromatic carbocycles. The van der Waals surface area contributed by atoms with Crippen LogP contribution in [0.2, 0.25) is 0 Å². The molecule has 5 unspecified atom stereocenters. The molecule has 0 amide bonds. The minimum absolute atomic E-state index is 0.291. The quantitative estimate of drug-likeness (QED) is 0.400. The number of rotatable bonds is 8. The molecule has 0 aromatic heterocycles. The van der Waals surface area contributed by atoms with E-state index in [1.807, 2.05) is 0 Å². The Labute approximate surface area is 173 Å². The molecule has 3 nitrogen and oxygen atoms in total. The van der Waals surface area contributed by atoms with Crippen molar-refractivity contribution < 1.29 is 14.6 Å². The van der Waals surface area contributed by atoms with Gasteiger partial charge in [0, 0.05) is 5.92 Å². The van der Waals surface area contributed by atoms with E-state index in [4.69, 9.17) is 9.47 Å².